The monoisotopic (exact) mass is 334 g/mol. The van der Waals surface area contributed by atoms with Gasteiger partial charge in [0.1, 0.15) is 5.75 Å². The maximum Gasteiger partial charge on any atom is 0.239 e. The minimum atomic E-state index is -3.49. The maximum atomic E-state index is 11.7. The van der Waals surface area contributed by atoms with E-state index in [2.05, 4.69) is 21.2 Å². The van der Waals surface area contributed by atoms with Crippen molar-refractivity contribution >= 4 is 37.4 Å². The molecule has 0 fully saturated rings. The van der Waals surface area contributed by atoms with Crippen LogP contribution in [0.2, 0.25) is 0 Å². The molecule has 0 saturated heterocycles. The number of benzene rings is 1. The number of amides is 1. The molecule has 5 nitrogen and oxygen atoms in total. The lowest BCUT2D eigenvalue weighted by molar-refractivity contribution is -0.113. The summed E-state index contributed by atoms with van der Waals surface area (Å²) in [5, 5.41) is 1.82. The van der Waals surface area contributed by atoms with E-state index < -0.39 is 26.7 Å². The molecule has 0 aliphatic rings. The Hall–Kier alpha value is -0.920. The van der Waals surface area contributed by atoms with Gasteiger partial charge in [-0.1, -0.05) is 12.1 Å². The number of hydrogen-bond acceptors (Lipinski definition) is 4. The number of sulfone groups is 1. The summed E-state index contributed by atoms with van der Waals surface area (Å²) in [5.41, 5.74) is 5.83. The number of anilines is 1. The summed E-state index contributed by atoms with van der Waals surface area (Å²) in [5.74, 6) is -1.13. The molecule has 1 aromatic carbocycles. The van der Waals surface area contributed by atoms with Gasteiger partial charge in [0.05, 0.1) is 10.9 Å². The summed E-state index contributed by atoms with van der Waals surface area (Å²) in [7, 11) is -3.49. The van der Waals surface area contributed by atoms with E-state index in [4.69, 9.17) is 5.73 Å². The molecular formula is C11H15BrN2O3S. The quantitative estimate of drug-likeness (QED) is 0.845. The summed E-state index contributed by atoms with van der Waals surface area (Å²) >= 11 is 3.26. The molecule has 0 radical (unpaired) electrons. The van der Waals surface area contributed by atoms with Crippen LogP contribution in [-0.4, -0.2) is 31.9 Å². The van der Waals surface area contributed by atoms with Crippen molar-refractivity contribution in [3.8, 4) is 0 Å². The second-order valence-electron chi connectivity index (χ2n) is 3.88. The van der Waals surface area contributed by atoms with Crippen molar-refractivity contribution in [1.82, 2.24) is 0 Å². The number of para-hydroxylation sites is 1. The van der Waals surface area contributed by atoms with E-state index in [0.29, 0.717) is 10.2 Å². The molecule has 0 aliphatic heterocycles. The van der Waals surface area contributed by atoms with Crippen LogP contribution in [0.3, 0.4) is 0 Å². The first-order valence-electron chi connectivity index (χ1n) is 5.33. The molecule has 7 heteroatoms. The predicted molar refractivity (Wildman–Crippen MR) is 75.1 cm³/mol. The Morgan fingerprint density at radius 3 is 2.61 bits per heavy atom. The number of carbonyl (C=O) groups excluding carboxylic acids is 1. The molecular weight excluding hydrogens is 320 g/mol. The Bertz CT molecular complexity index is 531. The standard InChI is InChI=1S/C11H15BrN2O3S/c1-8(6-13)18(16,17)7-11(15)14-10-5-3-2-4-9(10)12/h2-5,8H,6-7,13H2,1H3,(H,14,15). The van der Waals surface area contributed by atoms with E-state index in [0.717, 1.165) is 0 Å². The van der Waals surface area contributed by atoms with Crippen molar-refractivity contribution in [1.29, 1.82) is 0 Å². The normalized spacial score (nSPS) is 13.1. The zero-order chi connectivity index (χ0) is 13.8. The van der Waals surface area contributed by atoms with Crippen molar-refractivity contribution < 1.29 is 13.2 Å². The zero-order valence-electron chi connectivity index (χ0n) is 9.89. The highest BCUT2D eigenvalue weighted by Crippen LogP contribution is 2.21. The molecule has 1 aromatic rings. The Morgan fingerprint density at radius 2 is 2.06 bits per heavy atom. The fraction of sp³-hybridized carbons (Fsp3) is 0.364. The van der Waals surface area contributed by atoms with Crippen molar-refractivity contribution in [2.45, 2.75) is 12.2 Å². The molecule has 0 spiro atoms. The number of nitrogens with two attached hydrogens (primary N) is 1. The van der Waals surface area contributed by atoms with Gasteiger partial charge in [-0.05, 0) is 35.0 Å². The third-order valence-electron chi connectivity index (χ3n) is 2.43. The summed E-state index contributed by atoms with van der Waals surface area (Å²) in [6.07, 6.45) is 0. The Labute approximate surface area is 115 Å². The van der Waals surface area contributed by atoms with Gasteiger partial charge in [-0.2, -0.15) is 0 Å². The average Bonchev–Trinajstić information content (AvgIpc) is 2.30. The molecule has 0 bridgehead atoms. The first-order valence-corrected chi connectivity index (χ1v) is 7.83. The van der Waals surface area contributed by atoms with Gasteiger partial charge in [0.25, 0.3) is 0 Å². The van der Waals surface area contributed by atoms with Crippen molar-refractivity contribution in [2.75, 3.05) is 17.6 Å². The largest absolute Gasteiger partial charge is 0.329 e. The van der Waals surface area contributed by atoms with Crippen LogP contribution in [0.25, 0.3) is 0 Å². The SMILES string of the molecule is CC(CN)S(=O)(=O)CC(=O)Nc1ccccc1Br. The van der Waals surface area contributed by atoms with Gasteiger partial charge >= 0.3 is 0 Å². The average molecular weight is 335 g/mol. The second kappa shape index (κ2) is 6.31. The minimum Gasteiger partial charge on any atom is -0.329 e. The number of rotatable bonds is 5. The molecule has 1 amide bonds. The topological polar surface area (TPSA) is 89.3 Å². The minimum absolute atomic E-state index is 0.00461. The molecule has 1 rings (SSSR count). The molecule has 0 heterocycles. The van der Waals surface area contributed by atoms with Gasteiger partial charge in [0.15, 0.2) is 9.84 Å². The lowest BCUT2D eigenvalue weighted by Crippen LogP contribution is -2.33. The van der Waals surface area contributed by atoms with Crippen molar-refractivity contribution in [3.05, 3.63) is 28.7 Å². The fourth-order valence-electron chi connectivity index (χ4n) is 1.22. The third-order valence-corrected chi connectivity index (χ3v) is 5.20. The lowest BCUT2D eigenvalue weighted by atomic mass is 10.3. The van der Waals surface area contributed by atoms with E-state index in [-0.39, 0.29) is 6.54 Å². The molecule has 18 heavy (non-hydrogen) atoms. The van der Waals surface area contributed by atoms with Gasteiger partial charge in [0.2, 0.25) is 5.91 Å². The Kier molecular flexibility index (Phi) is 5.30. The first kappa shape index (κ1) is 15.1. The molecule has 1 unspecified atom stereocenters. The molecule has 1 atom stereocenters. The number of halogens is 1. The summed E-state index contributed by atoms with van der Waals surface area (Å²) in [6.45, 7) is 1.49. The highest BCUT2D eigenvalue weighted by Gasteiger charge is 2.23. The van der Waals surface area contributed by atoms with Crippen LogP contribution >= 0.6 is 15.9 Å². The molecule has 3 N–H and O–H groups in total. The van der Waals surface area contributed by atoms with Crippen LogP contribution in [0.15, 0.2) is 28.7 Å². The van der Waals surface area contributed by atoms with Gasteiger partial charge in [-0.3, -0.25) is 4.79 Å². The van der Waals surface area contributed by atoms with Gasteiger partial charge in [-0.15, -0.1) is 0 Å². The highest BCUT2D eigenvalue weighted by molar-refractivity contribution is 9.10. The van der Waals surface area contributed by atoms with E-state index in [1.807, 2.05) is 0 Å². The lowest BCUT2D eigenvalue weighted by Gasteiger charge is -2.11. The zero-order valence-corrected chi connectivity index (χ0v) is 12.3. The van der Waals surface area contributed by atoms with Crippen LogP contribution < -0.4 is 11.1 Å². The highest BCUT2D eigenvalue weighted by atomic mass is 79.9. The maximum absolute atomic E-state index is 11.7. The van der Waals surface area contributed by atoms with Crippen LogP contribution in [0.1, 0.15) is 6.92 Å². The van der Waals surface area contributed by atoms with Crippen LogP contribution in [0.4, 0.5) is 5.69 Å². The van der Waals surface area contributed by atoms with Crippen molar-refractivity contribution in [3.63, 3.8) is 0 Å². The van der Waals surface area contributed by atoms with Crippen LogP contribution in [0, 0.1) is 0 Å². The first-order chi connectivity index (χ1) is 8.36. The summed E-state index contributed by atoms with van der Waals surface area (Å²) in [6, 6.07) is 6.98. The van der Waals surface area contributed by atoms with Gasteiger partial charge < -0.3 is 11.1 Å². The molecule has 0 aromatic heterocycles. The second-order valence-corrected chi connectivity index (χ2v) is 7.16. The van der Waals surface area contributed by atoms with Crippen LogP contribution in [-0.2, 0) is 14.6 Å². The molecule has 100 valence electrons. The summed E-state index contributed by atoms with van der Waals surface area (Å²) < 4.78 is 24.1. The third kappa shape index (κ3) is 4.08. The number of hydrogen-bond donors (Lipinski definition) is 2. The molecule has 0 aliphatic carbocycles. The smallest absolute Gasteiger partial charge is 0.239 e. The number of nitrogens with one attached hydrogen (secondary N) is 1. The van der Waals surface area contributed by atoms with E-state index >= 15 is 0 Å². The summed E-state index contributed by atoms with van der Waals surface area (Å²) in [4.78, 5) is 11.6. The molecule has 0 saturated carbocycles. The van der Waals surface area contributed by atoms with E-state index in [1.165, 1.54) is 6.92 Å². The van der Waals surface area contributed by atoms with Gasteiger partial charge in [-0.25, -0.2) is 8.42 Å². The fourth-order valence-corrected chi connectivity index (χ4v) is 2.62. The van der Waals surface area contributed by atoms with E-state index in [9.17, 15) is 13.2 Å². The predicted octanol–water partition coefficient (Wildman–Crippen LogP) is 1.15. The number of carbonyl (C=O) groups is 1. The van der Waals surface area contributed by atoms with E-state index in [1.54, 1.807) is 24.3 Å². The van der Waals surface area contributed by atoms with Gasteiger partial charge in [0, 0.05) is 11.0 Å². The van der Waals surface area contributed by atoms with Crippen LogP contribution in [0.5, 0.6) is 0 Å². The van der Waals surface area contributed by atoms with Crippen molar-refractivity contribution in [2.24, 2.45) is 5.73 Å². The Morgan fingerprint density at radius 1 is 1.44 bits per heavy atom. The Balaban J connectivity index is 2.72.